The third-order valence-corrected chi connectivity index (χ3v) is 4.70. The fourth-order valence-corrected chi connectivity index (χ4v) is 3.43. The van der Waals surface area contributed by atoms with E-state index in [1.165, 1.54) is 11.3 Å². The van der Waals surface area contributed by atoms with Crippen LogP contribution in [0.2, 0.25) is 0 Å². The number of rotatable bonds is 4. The van der Waals surface area contributed by atoms with Crippen molar-refractivity contribution in [2.45, 2.75) is 0 Å². The Balaban J connectivity index is 1.73. The molecule has 0 bridgehead atoms. The number of aromatic nitrogens is 1. The predicted molar refractivity (Wildman–Crippen MR) is 87.0 cm³/mol. The van der Waals surface area contributed by atoms with E-state index in [4.69, 9.17) is 5.11 Å². The molecule has 0 radical (unpaired) electrons. The van der Waals surface area contributed by atoms with Crippen LogP contribution in [0.1, 0.15) is 9.67 Å². The van der Waals surface area contributed by atoms with E-state index in [0.717, 1.165) is 24.3 Å². The summed E-state index contributed by atoms with van der Waals surface area (Å²) in [6.45, 7) is 3.87. The predicted octanol–water partition coefficient (Wildman–Crippen LogP) is 1.56. The summed E-state index contributed by atoms with van der Waals surface area (Å²) in [6, 6.07) is 9.82. The van der Waals surface area contributed by atoms with Crippen molar-refractivity contribution in [1.29, 1.82) is 0 Å². The topological polar surface area (TPSA) is 56.7 Å². The van der Waals surface area contributed by atoms with Crippen molar-refractivity contribution in [3.8, 4) is 11.3 Å². The summed E-state index contributed by atoms with van der Waals surface area (Å²) < 4.78 is 0. The van der Waals surface area contributed by atoms with E-state index in [1.54, 1.807) is 5.51 Å². The van der Waals surface area contributed by atoms with Crippen LogP contribution in [0, 0.1) is 0 Å². The zero-order chi connectivity index (χ0) is 15.4. The molecule has 1 fully saturated rings. The molecule has 116 valence electrons. The average molecular weight is 317 g/mol. The number of hydrogen-bond acceptors (Lipinski definition) is 5. The van der Waals surface area contributed by atoms with Crippen molar-refractivity contribution in [2.24, 2.45) is 0 Å². The van der Waals surface area contributed by atoms with Gasteiger partial charge in [0.15, 0.2) is 0 Å². The molecule has 2 heterocycles. The number of nitrogens with zero attached hydrogens (tertiary/aromatic N) is 3. The molecule has 1 aromatic carbocycles. The minimum absolute atomic E-state index is 0.0602. The van der Waals surface area contributed by atoms with Crippen molar-refractivity contribution in [2.75, 3.05) is 39.3 Å². The zero-order valence-corrected chi connectivity index (χ0v) is 13.1. The molecule has 0 saturated carbocycles. The van der Waals surface area contributed by atoms with Crippen LogP contribution >= 0.6 is 11.3 Å². The van der Waals surface area contributed by atoms with Gasteiger partial charge in [0.25, 0.3) is 5.91 Å². The normalized spacial score (nSPS) is 16.0. The highest BCUT2D eigenvalue weighted by Gasteiger charge is 2.25. The number of carbonyl (C=O) groups is 1. The highest BCUT2D eigenvalue weighted by molar-refractivity contribution is 7.12. The summed E-state index contributed by atoms with van der Waals surface area (Å²) in [5.41, 5.74) is 3.48. The van der Waals surface area contributed by atoms with Gasteiger partial charge in [-0.15, -0.1) is 11.3 Å². The minimum Gasteiger partial charge on any atom is -0.395 e. The molecule has 3 rings (SSSR count). The van der Waals surface area contributed by atoms with Gasteiger partial charge in [-0.1, -0.05) is 30.3 Å². The van der Waals surface area contributed by atoms with E-state index < -0.39 is 0 Å². The largest absolute Gasteiger partial charge is 0.395 e. The van der Waals surface area contributed by atoms with Crippen LogP contribution in [-0.2, 0) is 0 Å². The highest BCUT2D eigenvalue weighted by Crippen LogP contribution is 2.26. The lowest BCUT2D eigenvalue weighted by atomic mass is 10.1. The maximum Gasteiger partial charge on any atom is 0.266 e. The standard InChI is InChI=1S/C16H19N3O2S/c20-11-10-18-6-8-19(9-7-18)16(21)15-14(17-12-22-15)13-4-2-1-3-5-13/h1-5,12,20H,6-11H2. The summed E-state index contributed by atoms with van der Waals surface area (Å²) in [5, 5.41) is 8.98. The number of aliphatic hydroxyl groups is 1. The molecule has 0 atom stereocenters. The van der Waals surface area contributed by atoms with E-state index in [-0.39, 0.29) is 12.5 Å². The second-order valence-electron chi connectivity index (χ2n) is 5.25. The first kappa shape index (κ1) is 15.1. The smallest absolute Gasteiger partial charge is 0.266 e. The van der Waals surface area contributed by atoms with Gasteiger partial charge < -0.3 is 10.0 Å². The number of thiazole rings is 1. The van der Waals surface area contributed by atoms with Crippen LogP contribution < -0.4 is 0 Å². The minimum atomic E-state index is 0.0602. The summed E-state index contributed by atoms with van der Waals surface area (Å²) in [7, 11) is 0. The SMILES string of the molecule is O=C(c1scnc1-c1ccccc1)N1CCN(CCO)CC1. The third kappa shape index (κ3) is 3.19. The average Bonchev–Trinajstić information content (AvgIpc) is 3.06. The second kappa shape index (κ2) is 7.00. The second-order valence-corrected chi connectivity index (χ2v) is 6.11. The van der Waals surface area contributed by atoms with Crippen molar-refractivity contribution >= 4 is 17.2 Å². The molecule has 0 spiro atoms. The Morgan fingerprint density at radius 3 is 2.59 bits per heavy atom. The van der Waals surface area contributed by atoms with Gasteiger partial charge in [0.2, 0.25) is 0 Å². The van der Waals surface area contributed by atoms with Crippen LogP contribution in [0.15, 0.2) is 35.8 Å². The fourth-order valence-electron chi connectivity index (χ4n) is 2.66. The monoisotopic (exact) mass is 317 g/mol. The number of carbonyl (C=O) groups excluding carboxylic acids is 1. The summed E-state index contributed by atoms with van der Waals surface area (Å²) in [4.78, 5) is 21.9. The molecule has 1 aliphatic rings. The summed E-state index contributed by atoms with van der Waals surface area (Å²) in [5.74, 6) is 0.0602. The van der Waals surface area contributed by atoms with E-state index in [9.17, 15) is 4.79 Å². The molecular weight excluding hydrogens is 298 g/mol. The molecule has 0 unspecified atom stereocenters. The Hall–Kier alpha value is -1.76. The van der Waals surface area contributed by atoms with Crippen LogP contribution in [0.4, 0.5) is 0 Å². The van der Waals surface area contributed by atoms with Crippen molar-refractivity contribution in [3.05, 3.63) is 40.7 Å². The van der Waals surface area contributed by atoms with Gasteiger partial charge in [0, 0.05) is 38.3 Å². The lowest BCUT2D eigenvalue weighted by Crippen LogP contribution is -2.49. The molecule has 1 amide bonds. The number of benzene rings is 1. The van der Waals surface area contributed by atoms with Crippen molar-refractivity contribution in [1.82, 2.24) is 14.8 Å². The number of β-amino-alcohol motifs (C(OH)–C–C–N with tert-alkyl or cyclic N) is 1. The first-order chi connectivity index (χ1) is 10.8. The van der Waals surface area contributed by atoms with Crippen LogP contribution in [0.25, 0.3) is 11.3 Å². The van der Waals surface area contributed by atoms with Gasteiger partial charge >= 0.3 is 0 Å². The molecule has 2 aromatic rings. The molecule has 1 saturated heterocycles. The van der Waals surface area contributed by atoms with Gasteiger partial charge in [-0.05, 0) is 0 Å². The lowest BCUT2D eigenvalue weighted by molar-refractivity contribution is 0.0620. The van der Waals surface area contributed by atoms with E-state index >= 15 is 0 Å². The lowest BCUT2D eigenvalue weighted by Gasteiger charge is -2.34. The third-order valence-electron chi connectivity index (χ3n) is 3.88. The first-order valence-electron chi connectivity index (χ1n) is 7.41. The van der Waals surface area contributed by atoms with Gasteiger partial charge in [0.1, 0.15) is 4.88 Å². The Bertz CT molecular complexity index is 621. The molecular formula is C16H19N3O2S. The summed E-state index contributed by atoms with van der Waals surface area (Å²) in [6.07, 6.45) is 0. The van der Waals surface area contributed by atoms with Crippen molar-refractivity contribution in [3.63, 3.8) is 0 Å². The highest BCUT2D eigenvalue weighted by atomic mass is 32.1. The van der Waals surface area contributed by atoms with Crippen LogP contribution in [-0.4, -0.2) is 65.1 Å². The summed E-state index contributed by atoms with van der Waals surface area (Å²) >= 11 is 1.40. The maximum absolute atomic E-state index is 12.7. The van der Waals surface area contributed by atoms with Gasteiger partial charge in [-0.3, -0.25) is 9.69 Å². The van der Waals surface area contributed by atoms with Gasteiger partial charge in [-0.2, -0.15) is 0 Å². The number of hydrogen-bond donors (Lipinski definition) is 1. The molecule has 5 nitrogen and oxygen atoms in total. The quantitative estimate of drug-likeness (QED) is 0.930. The molecule has 1 aliphatic heterocycles. The zero-order valence-electron chi connectivity index (χ0n) is 12.3. The van der Waals surface area contributed by atoms with Gasteiger partial charge in [0.05, 0.1) is 17.8 Å². The Morgan fingerprint density at radius 1 is 1.18 bits per heavy atom. The molecule has 22 heavy (non-hydrogen) atoms. The number of amides is 1. The number of piperazine rings is 1. The Morgan fingerprint density at radius 2 is 1.91 bits per heavy atom. The fraction of sp³-hybridized carbons (Fsp3) is 0.375. The molecule has 1 N–H and O–H groups in total. The molecule has 6 heteroatoms. The molecule has 0 aliphatic carbocycles. The number of aliphatic hydroxyl groups excluding tert-OH is 1. The Labute approximate surface area is 133 Å². The van der Waals surface area contributed by atoms with E-state index in [2.05, 4.69) is 9.88 Å². The van der Waals surface area contributed by atoms with E-state index in [1.807, 2.05) is 35.2 Å². The van der Waals surface area contributed by atoms with Crippen LogP contribution in [0.5, 0.6) is 0 Å². The molecule has 1 aromatic heterocycles. The van der Waals surface area contributed by atoms with Gasteiger partial charge in [-0.25, -0.2) is 4.98 Å². The van der Waals surface area contributed by atoms with Crippen molar-refractivity contribution < 1.29 is 9.90 Å². The van der Waals surface area contributed by atoms with Crippen LogP contribution in [0.3, 0.4) is 0 Å². The maximum atomic E-state index is 12.7. The first-order valence-corrected chi connectivity index (χ1v) is 8.29. The Kier molecular flexibility index (Phi) is 4.82. The van der Waals surface area contributed by atoms with E-state index in [0.29, 0.717) is 24.5 Å².